The Morgan fingerprint density at radius 3 is 2.60 bits per heavy atom. The maximum absolute atomic E-state index is 11.8. The molecule has 0 saturated carbocycles. The first-order valence-electron chi connectivity index (χ1n) is 5.97. The van der Waals surface area contributed by atoms with Crippen molar-refractivity contribution in [3.8, 4) is 0 Å². The van der Waals surface area contributed by atoms with Crippen molar-refractivity contribution < 1.29 is 15.2 Å². The molecule has 104 valence electrons. The molecule has 2 rings (SSSR count). The average molecular weight is 294 g/mol. The van der Waals surface area contributed by atoms with Crippen LogP contribution in [0.25, 0.3) is 0 Å². The van der Waals surface area contributed by atoms with Crippen LogP contribution in [0.15, 0.2) is 47.4 Å². The molecule has 0 saturated heterocycles. The molecule has 0 aliphatic heterocycles. The second kappa shape index (κ2) is 6.24. The van der Waals surface area contributed by atoms with Gasteiger partial charge in [-0.05, 0) is 29.2 Å². The molecule has 5 nitrogen and oxygen atoms in total. The molecule has 0 aliphatic rings. The van der Waals surface area contributed by atoms with E-state index in [4.69, 9.17) is 21.6 Å². The molecule has 1 aromatic heterocycles. The largest absolute Gasteiger partial charge is 0.488 e. The summed E-state index contributed by atoms with van der Waals surface area (Å²) < 4.78 is 1.29. The number of aliphatic hydroxyl groups is 1. The summed E-state index contributed by atoms with van der Waals surface area (Å²) >= 11 is 5.84. The van der Waals surface area contributed by atoms with Gasteiger partial charge in [0.15, 0.2) is 0 Å². The number of hydrogen-bond donors (Lipinski definition) is 3. The van der Waals surface area contributed by atoms with Crippen LogP contribution >= 0.6 is 11.6 Å². The van der Waals surface area contributed by atoms with E-state index >= 15 is 0 Å². The Kier molecular flexibility index (Phi) is 4.62. The number of pyridine rings is 1. The lowest BCUT2D eigenvalue weighted by Gasteiger charge is -2.13. The first kappa shape index (κ1) is 14.8. The van der Waals surface area contributed by atoms with Crippen molar-refractivity contribution in [2.75, 3.05) is 0 Å². The van der Waals surface area contributed by atoms with E-state index in [-0.39, 0.29) is 12.0 Å². The highest BCUT2D eigenvalue weighted by atomic mass is 35.5. The van der Waals surface area contributed by atoms with E-state index in [2.05, 4.69) is 0 Å². The normalized spacial score (nSPS) is 12.2. The van der Waals surface area contributed by atoms with E-state index in [9.17, 15) is 9.90 Å². The molecule has 20 heavy (non-hydrogen) atoms. The Morgan fingerprint density at radius 1 is 1.25 bits per heavy atom. The molecular weight excluding hydrogens is 280 g/mol. The number of nitrogens with zero attached hydrogens (tertiary/aromatic N) is 1. The van der Waals surface area contributed by atoms with Gasteiger partial charge in [-0.25, -0.2) is 0 Å². The molecule has 0 aliphatic carbocycles. The maximum Gasteiger partial charge on any atom is 0.488 e. The minimum Gasteiger partial charge on any atom is -0.423 e. The molecule has 0 bridgehead atoms. The minimum absolute atomic E-state index is 0.0565. The Labute approximate surface area is 120 Å². The third-order valence-electron chi connectivity index (χ3n) is 2.92. The number of halogens is 1. The van der Waals surface area contributed by atoms with Crippen LogP contribution in [0.3, 0.4) is 0 Å². The topological polar surface area (TPSA) is 82.7 Å². The lowest BCUT2D eigenvalue weighted by Crippen LogP contribution is -2.35. The molecular formula is C13H13BClNO4. The average Bonchev–Trinajstić information content (AvgIpc) is 2.40. The van der Waals surface area contributed by atoms with Gasteiger partial charge in [0.1, 0.15) is 0 Å². The zero-order valence-corrected chi connectivity index (χ0v) is 11.2. The predicted molar refractivity (Wildman–Crippen MR) is 76.9 cm³/mol. The van der Waals surface area contributed by atoms with Gasteiger partial charge in [-0.15, -0.1) is 0 Å². The predicted octanol–water partition coefficient (Wildman–Crippen LogP) is -0.0849. The molecule has 0 radical (unpaired) electrons. The van der Waals surface area contributed by atoms with E-state index in [1.165, 1.54) is 16.8 Å². The molecule has 1 unspecified atom stereocenters. The van der Waals surface area contributed by atoms with Crippen LogP contribution in [0, 0.1) is 0 Å². The van der Waals surface area contributed by atoms with Crippen LogP contribution in [0.4, 0.5) is 0 Å². The third kappa shape index (κ3) is 3.49. The van der Waals surface area contributed by atoms with Crippen LogP contribution in [0.2, 0.25) is 5.02 Å². The molecule has 0 amide bonds. The summed E-state index contributed by atoms with van der Waals surface area (Å²) in [6.07, 6.45) is 0.529. The van der Waals surface area contributed by atoms with E-state index in [0.29, 0.717) is 10.6 Å². The van der Waals surface area contributed by atoms with Crippen molar-refractivity contribution in [1.29, 1.82) is 0 Å². The van der Waals surface area contributed by atoms with Gasteiger partial charge in [0.25, 0.3) is 0 Å². The Balaban J connectivity index is 2.20. The highest BCUT2D eigenvalue weighted by Gasteiger charge is 2.14. The SMILES string of the molecule is O=c1cc(B(O)O)ccn1CC(O)c1cccc(Cl)c1. The molecule has 2 aromatic rings. The fraction of sp³-hybridized carbons (Fsp3) is 0.154. The van der Waals surface area contributed by atoms with Gasteiger partial charge in [0.05, 0.1) is 12.6 Å². The molecule has 1 atom stereocenters. The number of benzene rings is 1. The van der Waals surface area contributed by atoms with E-state index in [1.807, 2.05) is 0 Å². The second-order valence-corrected chi connectivity index (χ2v) is 4.83. The van der Waals surface area contributed by atoms with Crippen LogP contribution in [0.1, 0.15) is 11.7 Å². The minimum atomic E-state index is -1.68. The van der Waals surface area contributed by atoms with Crippen molar-refractivity contribution in [1.82, 2.24) is 4.57 Å². The van der Waals surface area contributed by atoms with Crippen LogP contribution in [-0.4, -0.2) is 26.8 Å². The highest BCUT2D eigenvalue weighted by Crippen LogP contribution is 2.18. The van der Waals surface area contributed by atoms with Crippen molar-refractivity contribution >= 4 is 24.2 Å². The van der Waals surface area contributed by atoms with Gasteiger partial charge in [-0.2, -0.15) is 0 Å². The molecule has 1 aromatic carbocycles. The van der Waals surface area contributed by atoms with Crippen LogP contribution in [-0.2, 0) is 6.54 Å². The van der Waals surface area contributed by atoms with E-state index < -0.39 is 18.8 Å². The van der Waals surface area contributed by atoms with Crippen LogP contribution < -0.4 is 11.0 Å². The number of rotatable bonds is 4. The first-order chi connectivity index (χ1) is 9.47. The van der Waals surface area contributed by atoms with Gasteiger partial charge in [0, 0.05) is 17.3 Å². The molecule has 7 heteroatoms. The van der Waals surface area contributed by atoms with E-state index in [1.54, 1.807) is 24.3 Å². The summed E-state index contributed by atoms with van der Waals surface area (Å²) in [5, 5.41) is 28.5. The molecule has 1 heterocycles. The van der Waals surface area contributed by atoms with Gasteiger partial charge < -0.3 is 19.7 Å². The lowest BCUT2D eigenvalue weighted by atomic mass is 9.81. The van der Waals surface area contributed by atoms with Crippen molar-refractivity contribution in [3.05, 3.63) is 63.5 Å². The maximum atomic E-state index is 11.8. The molecule has 0 spiro atoms. The number of aromatic nitrogens is 1. The van der Waals surface area contributed by atoms with Crippen LogP contribution in [0.5, 0.6) is 0 Å². The zero-order chi connectivity index (χ0) is 14.7. The third-order valence-corrected chi connectivity index (χ3v) is 3.16. The first-order valence-corrected chi connectivity index (χ1v) is 6.35. The lowest BCUT2D eigenvalue weighted by molar-refractivity contribution is 0.155. The summed E-state index contributed by atoms with van der Waals surface area (Å²) in [6.45, 7) is 0.0565. The number of hydrogen-bond acceptors (Lipinski definition) is 4. The molecule has 0 fully saturated rings. The highest BCUT2D eigenvalue weighted by molar-refractivity contribution is 6.58. The summed E-state index contributed by atoms with van der Waals surface area (Å²) in [6, 6.07) is 9.29. The van der Waals surface area contributed by atoms with Gasteiger partial charge in [0.2, 0.25) is 5.56 Å². The van der Waals surface area contributed by atoms with Gasteiger partial charge in [-0.1, -0.05) is 23.7 Å². The van der Waals surface area contributed by atoms with Crippen molar-refractivity contribution in [2.24, 2.45) is 0 Å². The van der Waals surface area contributed by atoms with E-state index in [0.717, 1.165) is 6.07 Å². The number of aliphatic hydroxyl groups excluding tert-OH is 1. The fourth-order valence-corrected chi connectivity index (χ4v) is 2.04. The summed E-state index contributed by atoms with van der Waals surface area (Å²) in [5.41, 5.74) is 0.302. The summed E-state index contributed by atoms with van der Waals surface area (Å²) in [5.74, 6) is 0. The van der Waals surface area contributed by atoms with Crippen molar-refractivity contribution in [3.63, 3.8) is 0 Å². The smallest absolute Gasteiger partial charge is 0.423 e. The van der Waals surface area contributed by atoms with Gasteiger partial charge >= 0.3 is 7.12 Å². The fourth-order valence-electron chi connectivity index (χ4n) is 1.84. The molecule has 3 N–H and O–H groups in total. The standard InChI is InChI=1S/C13H13BClNO4/c15-11-3-1-2-9(6-11)12(17)8-16-5-4-10(14(19)20)7-13(16)18/h1-7,12,17,19-20H,8H2. The Hall–Kier alpha value is -1.60. The van der Waals surface area contributed by atoms with Gasteiger partial charge in [-0.3, -0.25) is 4.79 Å². The quantitative estimate of drug-likeness (QED) is 0.688. The monoisotopic (exact) mass is 293 g/mol. The summed E-state index contributed by atoms with van der Waals surface area (Å²) in [4.78, 5) is 11.8. The Morgan fingerprint density at radius 2 is 2.00 bits per heavy atom. The van der Waals surface area contributed by atoms with Crippen molar-refractivity contribution in [2.45, 2.75) is 12.6 Å². The second-order valence-electron chi connectivity index (χ2n) is 4.40. The summed E-state index contributed by atoms with van der Waals surface area (Å²) in [7, 11) is -1.68. The Bertz CT molecular complexity index is 659. The zero-order valence-electron chi connectivity index (χ0n) is 10.5.